The fourth-order valence-electron chi connectivity index (χ4n) is 3.45. The van der Waals surface area contributed by atoms with Gasteiger partial charge in [0.2, 0.25) is 0 Å². The molecule has 3 atom stereocenters. The molecule has 4 nitrogen and oxygen atoms in total. The molecule has 0 unspecified atom stereocenters. The van der Waals surface area contributed by atoms with Gasteiger partial charge in [-0.3, -0.25) is 4.98 Å². The molecular formula is C20H22N2O2. The van der Waals surface area contributed by atoms with E-state index in [0.717, 1.165) is 36.2 Å². The maximum atomic E-state index is 6.05. The predicted octanol–water partition coefficient (Wildman–Crippen LogP) is 4.40. The SMILES string of the molecule is C[C@@H](N[C@H]1CCCO[C@@H]1c1ccncc1)c1cc2ccccc2o1. The zero-order valence-corrected chi connectivity index (χ0v) is 13.8. The molecule has 0 aliphatic carbocycles. The van der Waals surface area contributed by atoms with Crippen molar-refractivity contribution in [1.29, 1.82) is 0 Å². The lowest BCUT2D eigenvalue weighted by Crippen LogP contribution is -2.40. The molecular weight excluding hydrogens is 300 g/mol. The minimum Gasteiger partial charge on any atom is -0.459 e. The van der Waals surface area contributed by atoms with Crippen molar-refractivity contribution in [2.45, 2.75) is 38.0 Å². The van der Waals surface area contributed by atoms with Crippen molar-refractivity contribution < 1.29 is 9.15 Å². The average Bonchev–Trinajstić information content (AvgIpc) is 3.07. The van der Waals surface area contributed by atoms with Gasteiger partial charge in [-0.25, -0.2) is 0 Å². The Bertz CT molecular complexity index is 767. The first kappa shape index (κ1) is 15.4. The number of hydrogen-bond donors (Lipinski definition) is 1. The molecule has 1 saturated heterocycles. The molecule has 1 aromatic carbocycles. The molecule has 124 valence electrons. The Morgan fingerprint density at radius 2 is 2.00 bits per heavy atom. The largest absolute Gasteiger partial charge is 0.459 e. The fourth-order valence-corrected chi connectivity index (χ4v) is 3.45. The van der Waals surface area contributed by atoms with Gasteiger partial charge in [-0.15, -0.1) is 0 Å². The van der Waals surface area contributed by atoms with Crippen LogP contribution in [0.1, 0.15) is 43.2 Å². The molecule has 0 spiro atoms. The summed E-state index contributed by atoms with van der Waals surface area (Å²) in [6.45, 7) is 2.96. The number of hydrogen-bond acceptors (Lipinski definition) is 4. The Labute approximate surface area is 141 Å². The molecule has 2 aromatic heterocycles. The van der Waals surface area contributed by atoms with Crippen LogP contribution in [0.5, 0.6) is 0 Å². The number of ether oxygens (including phenoxy) is 1. The summed E-state index contributed by atoms with van der Waals surface area (Å²) in [7, 11) is 0. The number of nitrogens with zero attached hydrogens (tertiary/aromatic N) is 1. The Morgan fingerprint density at radius 3 is 2.83 bits per heavy atom. The quantitative estimate of drug-likeness (QED) is 0.773. The van der Waals surface area contributed by atoms with E-state index < -0.39 is 0 Å². The Balaban J connectivity index is 1.53. The second kappa shape index (κ2) is 6.75. The monoisotopic (exact) mass is 322 g/mol. The van der Waals surface area contributed by atoms with Crippen molar-refractivity contribution in [3.63, 3.8) is 0 Å². The number of furan rings is 1. The highest BCUT2D eigenvalue weighted by atomic mass is 16.5. The van der Waals surface area contributed by atoms with Gasteiger partial charge in [-0.2, -0.15) is 0 Å². The molecule has 0 bridgehead atoms. The van der Waals surface area contributed by atoms with Gasteiger partial charge in [-0.1, -0.05) is 18.2 Å². The summed E-state index contributed by atoms with van der Waals surface area (Å²) in [6.07, 6.45) is 5.89. The van der Waals surface area contributed by atoms with E-state index in [4.69, 9.17) is 9.15 Å². The van der Waals surface area contributed by atoms with Crippen molar-refractivity contribution >= 4 is 11.0 Å². The third-order valence-electron chi connectivity index (χ3n) is 4.69. The summed E-state index contributed by atoms with van der Waals surface area (Å²) in [5.41, 5.74) is 2.12. The normalized spacial score (nSPS) is 22.5. The Kier molecular flexibility index (Phi) is 4.32. The minimum atomic E-state index is 0.0635. The highest BCUT2D eigenvalue weighted by Gasteiger charge is 2.29. The number of fused-ring (bicyclic) bond motifs is 1. The number of aromatic nitrogens is 1. The van der Waals surface area contributed by atoms with Crippen molar-refractivity contribution in [1.82, 2.24) is 10.3 Å². The molecule has 0 radical (unpaired) electrons. The van der Waals surface area contributed by atoms with Crippen LogP contribution in [0.3, 0.4) is 0 Å². The first-order valence-electron chi connectivity index (χ1n) is 8.57. The second-order valence-electron chi connectivity index (χ2n) is 6.40. The molecule has 1 aliphatic rings. The smallest absolute Gasteiger partial charge is 0.134 e. The molecule has 4 heteroatoms. The molecule has 4 rings (SSSR count). The molecule has 3 aromatic rings. The summed E-state index contributed by atoms with van der Waals surface area (Å²) in [4.78, 5) is 4.11. The number of para-hydroxylation sites is 1. The summed E-state index contributed by atoms with van der Waals surface area (Å²) in [6, 6.07) is 14.7. The molecule has 0 amide bonds. The van der Waals surface area contributed by atoms with Gasteiger partial charge in [0.1, 0.15) is 11.3 Å². The van der Waals surface area contributed by atoms with Gasteiger partial charge in [0, 0.05) is 30.4 Å². The zero-order valence-electron chi connectivity index (χ0n) is 13.8. The highest BCUT2D eigenvalue weighted by molar-refractivity contribution is 5.77. The highest BCUT2D eigenvalue weighted by Crippen LogP contribution is 2.31. The van der Waals surface area contributed by atoms with Crippen LogP contribution < -0.4 is 5.32 Å². The fraction of sp³-hybridized carbons (Fsp3) is 0.350. The molecule has 0 saturated carbocycles. The average molecular weight is 322 g/mol. The van der Waals surface area contributed by atoms with Crippen LogP contribution in [0.2, 0.25) is 0 Å². The molecule has 24 heavy (non-hydrogen) atoms. The van der Waals surface area contributed by atoms with Crippen molar-refractivity contribution in [2.75, 3.05) is 6.61 Å². The van der Waals surface area contributed by atoms with Crippen LogP contribution in [-0.4, -0.2) is 17.6 Å². The van der Waals surface area contributed by atoms with E-state index in [0.29, 0.717) is 0 Å². The van der Waals surface area contributed by atoms with Crippen molar-refractivity contribution in [3.8, 4) is 0 Å². The van der Waals surface area contributed by atoms with E-state index in [2.05, 4.69) is 29.4 Å². The maximum absolute atomic E-state index is 6.05. The molecule has 1 fully saturated rings. The summed E-state index contributed by atoms with van der Waals surface area (Å²) in [5, 5.41) is 4.85. The van der Waals surface area contributed by atoms with Crippen LogP contribution in [0.15, 0.2) is 59.3 Å². The van der Waals surface area contributed by atoms with E-state index in [1.807, 2.05) is 42.7 Å². The summed E-state index contributed by atoms with van der Waals surface area (Å²) in [5.74, 6) is 0.968. The van der Waals surface area contributed by atoms with Crippen LogP contribution in [-0.2, 0) is 4.74 Å². The van der Waals surface area contributed by atoms with E-state index in [-0.39, 0.29) is 18.2 Å². The Hall–Kier alpha value is -2.17. The lowest BCUT2D eigenvalue weighted by Gasteiger charge is -2.34. The van der Waals surface area contributed by atoms with Crippen LogP contribution in [0.25, 0.3) is 11.0 Å². The summed E-state index contributed by atoms with van der Waals surface area (Å²) < 4.78 is 12.1. The molecule has 1 aliphatic heterocycles. The van der Waals surface area contributed by atoms with Gasteiger partial charge in [-0.05, 0) is 49.6 Å². The first-order valence-corrected chi connectivity index (χ1v) is 8.57. The minimum absolute atomic E-state index is 0.0635. The zero-order chi connectivity index (χ0) is 16.4. The van der Waals surface area contributed by atoms with E-state index in [1.165, 1.54) is 5.56 Å². The predicted molar refractivity (Wildman–Crippen MR) is 93.7 cm³/mol. The first-order chi connectivity index (χ1) is 11.8. The Morgan fingerprint density at radius 1 is 1.17 bits per heavy atom. The third-order valence-corrected chi connectivity index (χ3v) is 4.69. The van der Waals surface area contributed by atoms with Gasteiger partial charge in [0.15, 0.2) is 0 Å². The van der Waals surface area contributed by atoms with Crippen LogP contribution in [0, 0.1) is 0 Å². The van der Waals surface area contributed by atoms with Crippen LogP contribution >= 0.6 is 0 Å². The maximum Gasteiger partial charge on any atom is 0.134 e. The van der Waals surface area contributed by atoms with Crippen LogP contribution in [0.4, 0.5) is 0 Å². The van der Waals surface area contributed by atoms with Gasteiger partial charge < -0.3 is 14.5 Å². The standard InChI is InChI=1S/C20H22N2O2/c1-14(19-13-16-5-2-3-7-18(16)24-19)22-17-6-4-12-23-20(17)15-8-10-21-11-9-15/h2-3,5,7-11,13-14,17,20,22H,4,6,12H2,1H3/t14-,17+,20-/m1/s1. The van der Waals surface area contributed by atoms with E-state index >= 15 is 0 Å². The number of benzene rings is 1. The molecule has 1 N–H and O–H groups in total. The second-order valence-corrected chi connectivity index (χ2v) is 6.40. The number of pyridine rings is 1. The van der Waals surface area contributed by atoms with Gasteiger partial charge in [0.25, 0.3) is 0 Å². The van der Waals surface area contributed by atoms with Gasteiger partial charge in [0.05, 0.1) is 12.1 Å². The topological polar surface area (TPSA) is 47.3 Å². The van der Waals surface area contributed by atoms with E-state index in [9.17, 15) is 0 Å². The van der Waals surface area contributed by atoms with Crippen molar-refractivity contribution in [2.24, 2.45) is 0 Å². The number of nitrogens with one attached hydrogen (secondary N) is 1. The lowest BCUT2D eigenvalue weighted by atomic mass is 9.96. The molecule has 3 heterocycles. The number of rotatable bonds is 4. The lowest BCUT2D eigenvalue weighted by molar-refractivity contribution is -0.0140. The third kappa shape index (κ3) is 3.07. The van der Waals surface area contributed by atoms with Crippen molar-refractivity contribution in [3.05, 3.63) is 66.2 Å². The van der Waals surface area contributed by atoms with Gasteiger partial charge >= 0.3 is 0 Å². The summed E-state index contributed by atoms with van der Waals surface area (Å²) >= 11 is 0. The van der Waals surface area contributed by atoms with E-state index in [1.54, 1.807) is 0 Å².